The molecule has 3 heterocycles. The summed E-state index contributed by atoms with van der Waals surface area (Å²) < 4.78 is 46.2. The maximum absolute atomic E-state index is 15.4. The fourth-order valence-corrected chi connectivity index (χ4v) is 10.2. The minimum atomic E-state index is -4.75. The zero-order valence-electron chi connectivity index (χ0n) is 28.9. The summed E-state index contributed by atoms with van der Waals surface area (Å²) in [4.78, 5) is 64.0. The third-order valence-corrected chi connectivity index (χ3v) is 12.6. The lowest BCUT2D eigenvalue weighted by Crippen LogP contribution is -2.53. The van der Waals surface area contributed by atoms with Gasteiger partial charge in [-0.15, -0.1) is 0 Å². The van der Waals surface area contributed by atoms with Gasteiger partial charge in [-0.1, -0.05) is 72.3 Å². The second-order valence-electron chi connectivity index (χ2n) is 14.6. The highest BCUT2D eigenvalue weighted by Crippen LogP contribution is 2.66. The lowest BCUT2D eigenvalue weighted by molar-refractivity contribution is -0.144. The average Bonchev–Trinajstić information content (AvgIpc) is 3.53. The normalized spacial score (nSPS) is 28.5. The van der Waals surface area contributed by atoms with Crippen LogP contribution in [0.5, 0.6) is 11.5 Å². The van der Waals surface area contributed by atoms with Crippen molar-refractivity contribution in [3.63, 3.8) is 0 Å². The SMILES string of the molecule is COc1cccc(O)c1[C@H]1C2=CC[C@@H]3C(=O)N(C4CCCCC4)C(=O)[C@@H]3[C@@H]2C[C@H]2C(=O)N(Nc3ncc(C(F)(F)F)cc3Cl)C(=O)[C@@]12c1ccc(Cl)cc1. The molecule has 2 aliphatic heterocycles. The number of hydrogen-bond acceptors (Lipinski definition) is 8. The molecule has 3 aromatic rings. The predicted octanol–water partition coefficient (Wildman–Crippen LogP) is 7.44. The number of aromatic hydroxyl groups is 1. The van der Waals surface area contributed by atoms with Gasteiger partial charge in [0.05, 0.1) is 40.9 Å². The topological polar surface area (TPSA) is 129 Å². The summed E-state index contributed by atoms with van der Waals surface area (Å²) in [5.74, 6) is -7.00. The van der Waals surface area contributed by atoms with E-state index in [0.29, 0.717) is 33.4 Å². The fourth-order valence-electron chi connectivity index (χ4n) is 9.82. The number of anilines is 1. The van der Waals surface area contributed by atoms with E-state index in [1.54, 1.807) is 36.4 Å². The molecule has 0 bridgehead atoms. The van der Waals surface area contributed by atoms with Crippen molar-refractivity contribution in [2.24, 2.45) is 23.7 Å². The Morgan fingerprint density at radius 2 is 1.69 bits per heavy atom. The zero-order chi connectivity index (χ0) is 38.3. The van der Waals surface area contributed by atoms with Crippen LogP contribution in [0.15, 0.2) is 66.4 Å². The number of phenols is 1. The summed E-state index contributed by atoms with van der Waals surface area (Å²) in [6, 6.07) is 11.4. The second kappa shape index (κ2) is 13.3. The van der Waals surface area contributed by atoms with Gasteiger partial charge in [-0.05, 0) is 67.5 Å². The van der Waals surface area contributed by atoms with E-state index in [1.165, 1.54) is 18.1 Å². The first-order valence-electron chi connectivity index (χ1n) is 17.9. The highest BCUT2D eigenvalue weighted by atomic mass is 35.5. The Labute approximate surface area is 318 Å². The van der Waals surface area contributed by atoms with Crippen LogP contribution in [0.1, 0.15) is 67.6 Å². The number of carbonyl (C=O) groups excluding carboxylic acids is 4. The molecular formula is C39H35Cl2F3N4O6. The van der Waals surface area contributed by atoms with Crippen LogP contribution in [0.2, 0.25) is 10.0 Å². The number of aromatic nitrogens is 1. The van der Waals surface area contributed by atoms with Gasteiger partial charge < -0.3 is 9.84 Å². The molecule has 282 valence electrons. The van der Waals surface area contributed by atoms with E-state index in [0.717, 1.165) is 32.1 Å². The molecule has 5 aliphatic rings. The van der Waals surface area contributed by atoms with Gasteiger partial charge in [0, 0.05) is 28.7 Å². The first-order valence-corrected chi connectivity index (χ1v) is 18.6. The Morgan fingerprint density at radius 1 is 0.963 bits per heavy atom. The first-order chi connectivity index (χ1) is 25.8. The third-order valence-electron chi connectivity index (χ3n) is 12.1. The molecule has 10 nitrogen and oxygen atoms in total. The number of allylic oxidation sites excluding steroid dienone is 2. The molecule has 4 amide bonds. The van der Waals surface area contributed by atoms with E-state index in [4.69, 9.17) is 27.9 Å². The summed E-state index contributed by atoms with van der Waals surface area (Å²) in [6.45, 7) is 0. The Morgan fingerprint density at radius 3 is 2.35 bits per heavy atom. The molecule has 0 radical (unpaired) electrons. The molecule has 6 atom stereocenters. The molecule has 4 fully saturated rings. The van der Waals surface area contributed by atoms with Crippen molar-refractivity contribution in [2.45, 2.75) is 68.5 Å². The average molecular weight is 784 g/mol. The van der Waals surface area contributed by atoms with Crippen molar-refractivity contribution >= 4 is 52.6 Å². The zero-order valence-corrected chi connectivity index (χ0v) is 30.4. The summed E-state index contributed by atoms with van der Waals surface area (Å²) in [7, 11) is 1.41. The fraction of sp³-hybridized carbons (Fsp3) is 0.410. The first kappa shape index (κ1) is 36.4. The number of ether oxygens (including phenoxy) is 1. The van der Waals surface area contributed by atoms with Crippen molar-refractivity contribution in [1.29, 1.82) is 0 Å². The number of phenolic OH excluding ortho intramolecular Hbond substituents is 1. The van der Waals surface area contributed by atoms with Gasteiger partial charge >= 0.3 is 6.18 Å². The maximum Gasteiger partial charge on any atom is 0.417 e. The number of amides is 4. The number of hydrazine groups is 1. The number of imide groups is 2. The molecule has 2 saturated carbocycles. The third kappa shape index (κ3) is 5.40. The van der Waals surface area contributed by atoms with Crippen molar-refractivity contribution in [1.82, 2.24) is 14.9 Å². The van der Waals surface area contributed by atoms with Crippen LogP contribution >= 0.6 is 23.2 Å². The number of fused-ring (bicyclic) bond motifs is 4. The Kier molecular flexibility index (Phi) is 8.95. The van der Waals surface area contributed by atoms with Gasteiger partial charge in [0.25, 0.3) is 11.8 Å². The minimum absolute atomic E-state index is 0.0313. The number of benzene rings is 2. The summed E-state index contributed by atoms with van der Waals surface area (Å²) in [5.41, 5.74) is 0.830. The summed E-state index contributed by atoms with van der Waals surface area (Å²) in [5, 5.41) is 12.2. The standard InChI is InChI=1S/C39H35Cl2F3N4O6/c1-54-29-9-5-8-28(49)31(29)32-23-14-15-24-30(36(52)47(34(24)50)22-6-3-2-4-7-22)25(23)17-26-35(51)48(37(53)38(26,32)19-10-12-21(40)13-11-19)46-33-27(41)16-20(18-45-33)39(42,43)44/h5,8-14,16,18,22,24-26,30,32,49H,2-4,6-7,15,17H2,1H3,(H,45,46)/t24-,25+,26-,30-,32+,38+/m0/s1. The molecule has 3 aliphatic carbocycles. The van der Waals surface area contributed by atoms with Gasteiger partial charge in [-0.25, -0.2) is 4.98 Å². The number of likely N-dealkylation sites (tertiary alicyclic amines) is 1. The highest BCUT2D eigenvalue weighted by molar-refractivity contribution is 6.33. The van der Waals surface area contributed by atoms with Gasteiger partial charge in [-0.2, -0.15) is 18.2 Å². The van der Waals surface area contributed by atoms with Crippen molar-refractivity contribution < 1.29 is 42.2 Å². The van der Waals surface area contributed by atoms with Crippen LogP contribution in [0.3, 0.4) is 0 Å². The van der Waals surface area contributed by atoms with Crippen LogP contribution < -0.4 is 10.2 Å². The van der Waals surface area contributed by atoms with Gasteiger partial charge in [0.15, 0.2) is 5.82 Å². The van der Waals surface area contributed by atoms with Crippen LogP contribution in [0, 0.1) is 23.7 Å². The number of halogens is 5. The van der Waals surface area contributed by atoms with E-state index < -0.39 is 63.6 Å². The van der Waals surface area contributed by atoms with Crippen molar-refractivity contribution in [3.05, 3.63) is 93.1 Å². The molecule has 0 spiro atoms. The largest absolute Gasteiger partial charge is 0.508 e. The lowest BCUT2D eigenvalue weighted by Gasteiger charge is -2.50. The maximum atomic E-state index is 15.4. The number of rotatable bonds is 6. The number of alkyl halides is 3. The monoisotopic (exact) mass is 782 g/mol. The van der Waals surface area contributed by atoms with Gasteiger partial charge in [0.1, 0.15) is 11.5 Å². The minimum Gasteiger partial charge on any atom is -0.508 e. The number of hydrogen-bond donors (Lipinski definition) is 2. The molecule has 1 aromatic heterocycles. The predicted molar refractivity (Wildman–Crippen MR) is 190 cm³/mol. The Balaban J connectivity index is 1.32. The van der Waals surface area contributed by atoms with Gasteiger partial charge in [-0.3, -0.25) is 29.5 Å². The summed E-state index contributed by atoms with van der Waals surface area (Å²) >= 11 is 12.6. The van der Waals surface area contributed by atoms with Crippen LogP contribution in [0.4, 0.5) is 19.0 Å². The molecule has 2 aromatic carbocycles. The van der Waals surface area contributed by atoms with Gasteiger partial charge in [0.2, 0.25) is 11.8 Å². The number of carbonyl (C=O) groups is 4. The van der Waals surface area contributed by atoms with Crippen molar-refractivity contribution in [3.8, 4) is 11.5 Å². The molecule has 54 heavy (non-hydrogen) atoms. The Bertz CT molecular complexity index is 2110. The number of nitrogens with zero attached hydrogens (tertiary/aromatic N) is 3. The lowest BCUT2D eigenvalue weighted by atomic mass is 9.49. The van der Waals surface area contributed by atoms with Crippen LogP contribution in [-0.2, 0) is 30.8 Å². The second-order valence-corrected chi connectivity index (χ2v) is 15.5. The van der Waals surface area contributed by atoms with Crippen LogP contribution in [0.25, 0.3) is 0 Å². The number of pyridine rings is 1. The molecule has 8 rings (SSSR count). The van der Waals surface area contributed by atoms with E-state index in [1.807, 2.05) is 6.08 Å². The molecule has 2 N–H and O–H groups in total. The number of nitrogens with one attached hydrogen (secondary N) is 1. The summed E-state index contributed by atoms with van der Waals surface area (Å²) in [6.07, 6.45) is 2.10. The van der Waals surface area contributed by atoms with Crippen molar-refractivity contribution in [2.75, 3.05) is 12.5 Å². The molecular weight excluding hydrogens is 748 g/mol. The van der Waals surface area contributed by atoms with E-state index in [2.05, 4.69) is 10.4 Å². The van der Waals surface area contributed by atoms with E-state index in [9.17, 15) is 32.7 Å². The number of methoxy groups -OCH3 is 1. The molecule has 2 saturated heterocycles. The van der Waals surface area contributed by atoms with E-state index >= 15 is 4.79 Å². The smallest absolute Gasteiger partial charge is 0.417 e. The molecule has 0 unspecified atom stereocenters. The van der Waals surface area contributed by atoms with E-state index in [-0.39, 0.29) is 53.6 Å². The van der Waals surface area contributed by atoms with Crippen LogP contribution in [-0.4, -0.2) is 56.8 Å². The highest BCUT2D eigenvalue weighted by Gasteiger charge is 2.71. The Hall–Kier alpha value is -4.62. The quantitative estimate of drug-likeness (QED) is 0.195. The molecule has 15 heteroatoms.